The molecule has 4 aliphatic carbocycles. The largest absolute Gasteiger partial charge is 0.387 e. The number of aliphatic hydroxyl groups is 2. The fourth-order valence-corrected chi connectivity index (χ4v) is 10.8. The van der Waals surface area contributed by atoms with Crippen LogP contribution in [0.25, 0.3) is 16.5 Å². The highest BCUT2D eigenvalue weighted by Gasteiger charge is 2.70. The second-order valence-electron chi connectivity index (χ2n) is 16.7. The van der Waals surface area contributed by atoms with E-state index in [1.54, 1.807) is 19.9 Å². The molecule has 2 aromatic rings. The van der Waals surface area contributed by atoms with Gasteiger partial charge in [0, 0.05) is 33.8 Å². The molecule has 8 rings (SSSR count). The third-order valence-electron chi connectivity index (χ3n) is 13.0. The van der Waals surface area contributed by atoms with E-state index in [1.165, 1.54) is 44.4 Å². The molecule has 1 aromatic heterocycles. The standard InChI is InChI=1S/C37H47NO5/c1-32(2)18-24-21-16-27-22(13-19(21)14-25(24)34(5,6)43-32)23-15-20-9-12-37(41)26-17-28(39)31(33(3,4)40)42-29(26)10-11-35(37,7)36(20,8)30(23)38-27/h13,16-17,20,29,31,38,40-41H,9-12,14-15,18H2,1-8H3/t20-,29-,31-,35+,36+,37+/m0/s1. The summed E-state index contributed by atoms with van der Waals surface area (Å²) in [6, 6.07) is 4.84. The summed E-state index contributed by atoms with van der Waals surface area (Å²) in [5.41, 5.74) is 6.56. The van der Waals surface area contributed by atoms with Crippen molar-refractivity contribution >= 4 is 22.3 Å². The highest BCUT2D eigenvalue weighted by molar-refractivity contribution is 5.96. The number of H-pyrrole nitrogens is 1. The lowest BCUT2D eigenvalue weighted by Gasteiger charge is -2.64. The van der Waals surface area contributed by atoms with Gasteiger partial charge in [0.15, 0.2) is 5.78 Å². The Bertz CT molecular complexity index is 1680. The molecule has 0 bridgehead atoms. The maximum absolute atomic E-state index is 13.2. The molecule has 0 saturated heterocycles. The van der Waals surface area contributed by atoms with Gasteiger partial charge in [0.1, 0.15) is 6.10 Å². The van der Waals surface area contributed by atoms with Crippen molar-refractivity contribution in [2.24, 2.45) is 11.3 Å². The lowest BCUT2D eigenvalue weighted by molar-refractivity contribution is -0.195. The number of rotatable bonds is 1. The van der Waals surface area contributed by atoms with Crippen LogP contribution in [0, 0.1) is 11.3 Å². The van der Waals surface area contributed by atoms with Gasteiger partial charge < -0.3 is 24.7 Å². The Morgan fingerprint density at radius 3 is 2.51 bits per heavy atom. The minimum absolute atomic E-state index is 0.205. The van der Waals surface area contributed by atoms with Crippen LogP contribution in [0.5, 0.6) is 0 Å². The Morgan fingerprint density at radius 1 is 1.05 bits per heavy atom. The predicted octanol–water partition coefficient (Wildman–Crippen LogP) is 6.24. The zero-order valence-electron chi connectivity index (χ0n) is 27.0. The lowest BCUT2D eigenvalue weighted by Crippen LogP contribution is -2.68. The third kappa shape index (κ3) is 3.42. The van der Waals surface area contributed by atoms with Crippen LogP contribution >= 0.6 is 0 Å². The van der Waals surface area contributed by atoms with E-state index in [0.29, 0.717) is 12.3 Å². The van der Waals surface area contributed by atoms with Crippen molar-refractivity contribution in [1.82, 2.24) is 4.98 Å². The topological polar surface area (TPSA) is 91.8 Å². The Kier molecular flexibility index (Phi) is 5.33. The van der Waals surface area contributed by atoms with Crippen LogP contribution in [0.4, 0.5) is 0 Å². The molecule has 6 heteroatoms. The summed E-state index contributed by atoms with van der Waals surface area (Å²) in [5.74, 6) is 0.168. The van der Waals surface area contributed by atoms with E-state index in [9.17, 15) is 15.0 Å². The minimum atomic E-state index is -1.27. The molecule has 43 heavy (non-hydrogen) atoms. The number of hydrogen-bond donors (Lipinski definition) is 3. The first-order valence-corrected chi connectivity index (χ1v) is 16.4. The number of carbonyl (C=O) groups is 1. The zero-order valence-corrected chi connectivity index (χ0v) is 27.0. The molecule has 0 amide bonds. The Morgan fingerprint density at radius 2 is 1.79 bits per heavy atom. The normalized spacial score (nSPS) is 39.1. The van der Waals surface area contributed by atoms with Gasteiger partial charge in [0.05, 0.1) is 28.5 Å². The van der Waals surface area contributed by atoms with E-state index < -0.39 is 22.7 Å². The summed E-state index contributed by atoms with van der Waals surface area (Å²) < 4.78 is 12.8. The van der Waals surface area contributed by atoms with Crippen LogP contribution in [0.15, 0.2) is 29.4 Å². The van der Waals surface area contributed by atoms with Crippen LogP contribution in [-0.4, -0.2) is 55.6 Å². The summed E-state index contributed by atoms with van der Waals surface area (Å²) in [4.78, 5) is 17.2. The fraction of sp³-hybridized carbons (Fsp3) is 0.649. The monoisotopic (exact) mass is 585 g/mol. The van der Waals surface area contributed by atoms with Crippen LogP contribution in [0.3, 0.4) is 0 Å². The van der Waals surface area contributed by atoms with Crippen molar-refractivity contribution in [3.05, 3.63) is 51.7 Å². The van der Waals surface area contributed by atoms with E-state index >= 15 is 0 Å². The van der Waals surface area contributed by atoms with Crippen LogP contribution in [-0.2, 0) is 32.5 Å². The molecular formula is C37H47NO5. The number of fused-ring (bicyclic) bond motifs is 11. The average molecular weight is 586 g/mol. The van der Waals surface area contributed by atoms with E-state index in [4.69, 9.17) is 9.47 Å². The Labute approximate surface area is 254 Å². The smallest absolute Gasteiger partial charge is 0.187 e. The molecule has 1 aromatic carbocycles. The van der Waals surface area contributed by atoms with E-state index in [0.717, 1.165) is 44.1 Å². The van der Waals surface area contributed by atoms with Crippen molar-refractivity contribution in [3.8, 4) is 0 Å². The number of hydrogen-bond acceptors (Lipinski definition) is 5. The summed E-state index contributed by atoms with van der Waals surface area (Å²) in [7, 11) is 0. The Hall–Kier alpha value is -2.25. The molecule has 6 aliphatic rings. The van der Waals surface area contributed by atoms with Gasteiger partial charge >= 0.3 is 0 Å². The van der Waals surface area contributed by atoms with Gasteiger partial charge in [-0.2, -0.15) is 0 Å². The molecule has 2 fully saturated rings. The minimum Gasteiger partial charge on any atom is -0.387 e. The highest BCUT2D eigenvalue weighted by atomic mass is 16.5. The number of ether oxygens (including phenoxy) is 2. The molecule has 0 unspecified atom stereocenters. The summed E-state index contributed by atoms with van der Waals surface area (Å²) in [6.07, 6.45) is 6.26. The van der Waals surface area contributed by atoms with E-state index in [2.05, 4.69) is 58.7 Å². The van der Waals surface area contributed by atoms with Gasteiger partial charge in [-0.25, -0.2) is 0 Å². The average Bonchev–Trinajstić information content (AvgIpc) is 3.52. The molecule has 3 heterocycles. The van der Waals surface area contributed by atoms with Gasteiger partial charge in [-0.05, 0) is 138 Å². The SMILES string of the molecule is CC1(C)CC2=C(Cc3cc4c5c([nH]c4cc32)[C@@]2(C)[C@@H](CC[C@@]3(O)C4=CC(=O)[C@@H](C(C)(C)O)O[C@H]4CC[C@@]32C)C5)C(C)(C)O1. The van der Waals surface area contributed by atoms with E-state index in [1.807, 2.05) is 0 Å². The van der Waals surface area contributed by atoms with Crippen molar-refractivity contribution in [2.75, 3.05) is 0 Å². The highest BCUT2D eigenvalue weighted by Crippen LogP contribution is 2.69. The predicted molar refractivity (Wildman–Crippen MR) is 167 cm³/mol. The second kappa shape index (κ2) is 8.12. The molecule has 230 valence electrons. The Balaban J connectivity index is 1.23. The van der Waals surface area contributed by atoms with Crippen molar-refractivity contribution < 1.29 is 24.5 Å². The molecule has 6 nitrogen and oxygen atoms in total. The van der Waals surface area contributed by atoms with Crippen LogP contribution in [0.1, 0.15) is 110 Å². The maximum atomic E-state index is 13.2. The van der Waals surface area contributed by atoms with Gasteiger partial charge in [0.25, 0.3) is 0 Å². The quantitative estimate of drug-likeness (QED) is 0.368. The van der Waals surface area contributed by atoms with Crippen LogP contribution in [0.2, 0.25) is 0 Å². The molecule has 0 spiro atoms. The van der Waals surface area contributed by atoms with Crippen molar-refractivity contribution in [3.63, 3.8) is 0 Å². The first-order chi connectivity index (χ1) is 19.9. The number of ketones is 1. The molecular weight excluding hydrogens is 538 g/mol. The zero-order chi connectivity index (χ0) is 30.7. The van der Waals surface area contributed by atoms with Crippen molar-refractivity contribution in [2.45, 2.75) is 140 Å². The molecule has 0 radical (unpaired) electrons. The van der Waals surface area contributed by atoms with Gasteiger partial charge in [-0.1, -0.05) is 13.8 Å². The summed E-state index contributed by atoms with van der Waals surface area (Å²) >= 11 is 0. The first-order valence-electron chi connectivity index (χ1n) is 16.4. The van der Waals surface area contributed by atoms with Crippen LogP contribution < -0.4 is 0 Å². The second-order valence-corrected chi connectivity index (χ2v) is 16.7. The third-order valence-corrected chi connectivity index (χ3v) is 13.0. The van der Waals surface area contributed by atoms with Crippen molar-refractivity contribution in [1.29, 1.82) is 0 Å². The summed E-state index contributed by atoms with van der Waals surface area (Å²) in [5, 5.41) is 24.7. The first kappa shape index (κ1) is 28.2. The lowest BCUT2D eigenvalue weighted by atomic mass is 9.42. The number of benzene rings is 1. The van der Waals surface area contributed by atoms with E-state index in [-0.39, 0.29) is 28.5 Å². The van der Waals surface area contributed by atoms with Gasteiger partial charge in [0.2, 0.25) is 0 Å². The maximum Gasteiger partial charge on any atom is 0.187 e. The molecule has 3 N–H and O–H groups in total. The molecule has 6 atom stereocenters. The van der Waals surface area contributed by atoms with Gasteiger partial charge in [-0.15, -0.1) is 0 Å². The van der Waals surface area contributed by atoms with Gasteiger partial charge in [-0.3, -0.25) is 4.79 Å². The number of aromatic nitrogens is 1. The molecule has 2 aliphatic heterocycles. The fourth-order valence-electron chi connectivity index (χ4n) is 10.8. The summed E-state index contributed by atoms with van der Waals surface area (Å²) in [6.45, 7) is 16.7. The molecule has 2 saturated carbocycles. The number of aromatic amines is 1. The number of carbonyl (C=O) groups excluding carboxylic acids is 1. The number of nitrogens with one attached hydrogen (secondary N) is 1.